The monoisotopic (exact) mass is 311 g/mol. The van der Waals surface area contributed by atoms with Crippen LogP contribution in [0.2, 0.25) is 0 Å². The summed E-state index contributed by atoms with van der Waals surface area (Å²) in [4.78, 5) is 15.0. The van der Waals surface area contributed by atoms with Crippen LogP contribution in [0.5, 0.6) is 0 Å². The number of rotatable bonds is 2. The summed E-state index contributed by atoms with van der Waals surface area (Å²) in [7, 11) is -3.02. The van der Waals surface area contributed by atoms with Crippen molar-refractivity contribution in [2.75, 3.05) is 19.3 Å². The molecule has 1 heterocycles. The third-order valence-corrected chi connectivity index (χ3v) is 8.13. The number of sulfone groups is 1. The van der Waals surface area contributed by atoms with Gasteiger partial charge in [0.2, 0.25) is 5.91 Å². The summed E-state index contributed by atoms with van der Waals surface area (Å²) < 4.78 is 23.4. The molecule has 4 saturated carbocycles. The van der Waals surface area contributed by atoms with Gasteiger partial charge in [-0.1, -0.05) is 0 Å². The number of nitrogens with zero attached hydrogens (tertiary/aromatic N) is 1. The van der Waals surface area contributed by atoms with E-state index in [0.29, 0.717) is 19.5 Å². The minimum atomic E-state index is -3.02. The van der Waals surface area contributed by atoms with E-state index in [2.05, 4.69) is 0 Å². The Morgan fingerprint density at radius 3 is 2.00 bits per heavy atom. The molecule has 0 N–H and O–H groups in total. The molecule has 5 fully saturated rings. The molecular formula is C16H25NO3S. The number of likely N-dealkylation sites (tertiary alicyclic amines) is 1. The first-order chi connectivity index (χ1) is 9.86. The Hall–Kier alpha value is -0.580. The van der Waals surface area contributed by atoms with Crippen LogP contribution >= 0.6 is 0 Å². The molecule has 0 aromatic heterocycles. The van der Waals surface area contributed by atoms with Crippen LogP contribution in [0.4, 0.5) is 0 Å². The molecule has 1 atom stereocenters. The number of amides is 1. The van der Waals surface area contributed by atoms with Gasteiger partial charge in [0.05, 0.1) is 10.7 Å². The van der Waals surface area contributed by atoms with Crippen molar-refractivity contribution < 1.29 is 13.2 Å². The standard InChI is InChI=1S/C16H25NO3S/c1-21(19,20)14-2-3-17(10-14)15(18)16-7-11-4-12(8-16)6-13(5-11)9-16/h11-14H,2-10H2,1H3. The molecule has 4 nitrogen and oxygen atoms in total. The minimum Gasteiger partial charge on any atom is -0.341 e. The van der Waals surface area contributed by atoms with Gasteiger partial charge in [-0.05, 0) is 62.7 Å². The number of carbonyl (C=O) groups excluding carboxylic acids is 1. The molecule has 5 heteroatoms. The Labute approximate surface area is 127 Å². The largest absolute Gasteiger partial charge is 0.341 e. The van der Waals surface area contributed by atoms with Gasteiger partial charge in [0.1, 0.15) is 0 Å². The van der Waals surface area contributed by atoms with E-state index >= 15 is 0 Å². The first-order valence-corrected chi connectivity index (χ1v) is 10.3. The van der Waals surface area contributed by atoms with E-state index in [1.807, 2.05) is 4.90 Å². The van der Waals surface area contributed by atoms with Gasteiger partial charge in [0, 0.05) is 19.3 Å². The van der Waals surface area contributed by atoms with Crippen LogP contribution < -0.4 is 0 Å². The second kappa shape index (κ2) is 4.46. The lowest BCUT2D eigenvalue weighted by Crippen LogP contribution is -2.54. The summed E-state index contributed by atoms with van der Waals surface area (Å²) in [5.74, 6) is 2.56. The number of carbonyl (C=O) groups is 1. The lowest BCUT2D eigenvalue weighted by molar-refractivity contribution is -0.156. The SMILES string of the molecule is CS(=O)(=O)C1CCN(C(=O)C23CC4CC(CC(C4)C2)C3)C1. The maximum absolute atomic E-state index is 13.1. The van der Waals surface area contributed by atoms with E-state index in [9.17, 15) is 13.2 Å². The smallest absolute Gasteiger partial charge is 0.228 e. The fourth-order valence-corrected chi connectivity index (χ4v) is 6.95. The topological polar surface area (TPSA) is 54.5 Å². The molecule has 0 aromatic rings. The highest BCUT2D eigenvalue weighted by atomic mass is 32.2. The molecule has 4 bridgehead atoms. The van der Waals surface area contributed by atoms with E-state index in [4.69, 9.17) is 0 Å². The Bertz CT molecular complexity index is 533. The predicted molar refractivity (Wildman–Crippen MR) is 80.4 cm³/mol. The van der Waals surface area contributed by atoms with Gasteiger partial charge >= 0.3 is 0 Å². The van der Waals surface area contributed by atoms with Crippen molar-refractivity contribution in [1.82, 2.24) is 4.90 Å². The summed E-state index contributed by atoms with van der Waals surface area (Å²) in [6, 6.07) is 0. The molecule has 1 aliphatic heterocycles. The summed E-state index contributed by atoms with van der Waals surface area (Å²) in [5.41, 5.74) is -0.124. The van der Waals surface area contributed by atoms with Crippen molar-refractivity contribution in [3.05, 3.63) is 0 Å². The summed E-state index contributed by atoms with van der Waals surface area (Å²) in [6.45, 7) is 1.07. The zero-order valence-corrected chi connectivity index (χ0v) is 13.6. The molecule has 21 heavy (non-hydrogen) atoms. The predicted octanol–water partition coefficient (Wildman–Crippen LogP) is 1.85. The molecule has 0 spiro atoms. The van der Waals surface area contributed by atoms with E-state index in [0.717, 1.165) is 37.0 Å². The van der Waals surface area contributed by atoms with Crippen LogP contribution in [0.25, 0.3) is 0 Å². The average molecular weight is 311 g/mol. The Kier molecular flexibility index (Phi) is 2.98. The number of hydrogen-bond acceptors (Lipinski definition) is 3. The molecule has 0 radical (unpaired) electrons. The first kappa shape index (κ1) is 14.0. The van der Waals surface area contributed by atoms with Crippen LogP contribution in [0.15, 0.2) is 0 Å². The summed E-state index contributed by atoms with van der Waals surface area (Å²) >= 11 is 0. The van der Waals surface area contributed by atoms with E-state index in [1.54, 1.807) is 0 Å². The zero-order valence-electron chi connectivity index (χ0n) is 12.8. The maximum Gasteiger partial charge on any atom is 0.228 e. The molecule has 0 aromatic carbocycles. The van der Waals surface area contributed by atoms with Crippen LogP contribution in [-0.4, -0.2) is 43.8 Å². The second-order valence-corrected chi connectivity index (χ2v) is 10.5. The van der Waals surface area contributed by atoms with Gasteiger partial charge in [-0.15, -0.1) is 0 Å². The fraction of sp³-hybridized carbons (Fsp3) is 0.938. The lowest BCUT2D eigenvalue weighted by atomic mass is 9.49. The van der Waals surface area contributed by atoms with Crippen LogP contribution in [-0.2, 0) is 14.6 Å². The van der Waals surface area contributed by atoms with Crippen molar-refractivity contribution in [3.8, 4) is 0 Å². The van der Waals surface area contributed by atoms with Crippen molar-refractivity contribution in [2.24, 2.45) is 23.2 Å². The normalized spacial score (nSPS) is 45.3. The highest BCUT2D eigenvalue weighted by molar-refractivity contribution is 7.91. The molecule has 1 saturated heterocycles. The van der Waals surface area contributed by atoms with Crippen molar-refractivity contribution in [3.63, 3.8) is 0 Å². The zero-order chi connectivity index (χ0) is 14.8. The van der Waals surface area contributed by atoms with Crippen molar-refractivity contribution in [2.45, 2.75) is 50.2 Å². The Morgan fingerprint density at radius 1 is 1.05 bits per heavy atom. The summed E-state index contributed by atoms with van der Waals surface area (Å²) in [6.07, 6.45) is 9.12. The molecular weight excluding hydrogens is 286 g/mol. The number of hydrogen-bond donors (Lipinski definition) is 0. The average Bonchev–Trinajstić information content (AvgIpc) is 2.85. The minimum absolute atomic E-state index is 0.124. The Morgan fingerprint density at radius 2 is 1.57 bits per heavy atom. The van der Waals surface area contributed by atoms with Gasteiger partial charge < -0.3 is 4.90 Å². The third kappa shape index (κ3) is 2.23. The highest BCUT2D eigenvalue weighted by Crippen LogP contribution is 2.60. The molecule has 1 unspecified atom stereocenters. The maximum atomic E-state index is 13.1. The summed E-state index contributed by atoms with van der Waals surface area (Å²) in [5, 5.41) is -0.338. The molecule has 5 rings (SSSR count). The molecule has 4 aliphatic carbocycles. The van der Waals surface area contributed by atoms with E-state index in [1.165, 1.54) is 25.5 Å². The first-order valence-electron chi connectivity index (χ1n) is 8.34. The molecule has 1 amide bonds. The van der Waals surface area contributed by atoms with Gasteiger partial charge in [-0.2, -0.15) is 0 Å². The van der Waals surface area contributed by atoms with Crippen molar-refractivity contribution in [1.29, 1.82) is 0 Å². The lowest BCUT2D eigenvalue weighted by Gasteiger charge is -2.56. The van der Waals surface area contributed by atoms with Gasteiger partial charge in [-0.3, -0.25) is 4.79 Å². The third-order valence-electron chi connectivity index (χ3n) is 6.53. The van der Waals surface area contributed by atoms with Gasteiger partial charge in [0.15, 0.2) is 9.84 Å². The van der Waals surface area contributed by atoms with E-state index < -0.39 is 9.84 Å². The highest BCUT2D eigenvalue weighted by Gasteiger charge is 2.56. The van der Waals surface area contributed by atoms with Gasteiger partial charge in [-0.25, -0.2) is 8.42 Å². The molecule has 118 valence electrons. The van der Waals surface area contributed by atoms with Gasteiger partial charge in [0.25, 0.3) is 0 Å². The quantitative estimate of drug-likeness (QED) is 0.782. The second-order valence-electron chi connectivity index (χ2n) is 8.19. The van der Waals surface area contributed by atoms with Crippen molar-refractivity contribution >= 4 is 15.7 Å². The fourth-order valence-electron chi connectivity index (χ4n) is 5.97. The van der Waals surface area contributed by atoms with E-state index in [-0.39, 0.29) is 16.6 Å². The van der Waals surface area contributed by atoms with Crippen LogP contribution in [0, 0.1) is 23.2 Å². The van der Waals surface area contributed by atoms with Crippen LogP contribution in [0.3, 0.4) is 0 Å². The van der Waals surface area contributed by atoms with Crippen LogP contribution in [0.1, 0.15) is 44.9 Å². The Balaban J connectivity index is 1.53. The molecule has 5 aliphatic rings.